The van der Waals surface area contributed by atoms with Crippen molar-refractivity contribution in [3.8, 4) is 11.5 Å². The quantitative estimate of drug-likeness (QED) is 0.869. The van der Waals surface area contributed by atoms with E-state index in [1.807, 2.05) is 0 Å². The van der Waals surface area contributed by atoms with Crippen LogP contribution < -0.4 is 14.8 Å². The molecule has 1 aliphatic heterocycles. The molecule has 0 bridgehead atoms. The highest BCUT2D eigenvalue weighted by molar-refractivity contribution is 5.88. The fourth-order valence-electron chi connectivity index (χ4n) is 1.73. The molecule has 1 aliphatic rings. The van der Waals surface area contributed by atoms with Crippen molar-refractivity contribution in [3.63, 3.8) is 0 Å². The number of ether oxygens (including phenoxy) is 3. The smallest absolute Gasteiger partial charge is 0.412 e. The van der Waals surface area contributed by atoms with Gasteiger partial charge in [-0.2, -0.15) is 0 Å². The number of carboxylic acid groups (broad SMARTS) is 1. The van der Waals surface area contributed by atoms with E-state index >= 15 is 0 Å². The van der Waals surface area contributed by atoms with Crippen molar-refractivity contribution in [1.29, 1.82) is 0 Å². The molecule has 0 aromatic heterocycles. The highest BCUT2D eigenvalue weighted by Gasteiger charge is 2.29. The van der Waals surface area contributed by atoms with Crippen LogP contribution in [-0.4, -0.2) is 35.5 Å². The van der Waals surface area contributed by atoms with E-state index in [4.69, 9.17) is 19.3 Å². The first-order chi connectivity index (χ1) is 9.76. The van der Waals surface area contributed by atoms with Gasteiger partial charge in [-0.25, -0.2) is 9.59 Å². The second-order valence-electron chi connectivity index (χ2n) is 5.52. The summed E-state index contributed by atoms with van der Waals surface area (Å²) < 4.78 is 15.8. The summed E-state index contributed by atoms with van der Waals surface area (Å²) in [6, 6.07) is 4.88. The standard InChI is InChI=1S/C14H17NO6/c1-14(2,3)21-13(18)15-8-5-4-6-9-11(8)20-10(7-19-9)12(16)17/h4-6,10H,7H2,1-3H3,(H,15,18)(H,16,17). The molecule has 1 aromatic rings. The van der Waals surface area contributed by atoms with E-state index in [0.29, 0.717) is 11.4 Å². The summed E-state index contributed by atoms with van der Waals surface area (Å²) >= 11 is 0. The summed E-state index contributed by atoms with van der Waals surface area (Å²) in [4.78, 5) is 22.8. The molecule has 7 nitrogen and oxygen atoms in total. The van der Waals surface area contributed by atoms with Crippen LogP contribution >= 0.6 is 0 Å². The fourth-order valence-corrected chi connectivity index (χ4v) is 1.73. The summed E-state index contributed by atoms with van der Waals surface area (Å²) in [5, 5.41) is 11.5. The molecule has 114 valence electrons. The number of carbonyl (C=O) groups excluding carboxylic acids is 1. The third-order valence-corrected chi connectivity index (χ3v) is 2.54. The fraction of sp³-hybridized carbons (Fsp3) is 0.429. The van der Waals surface area contributed by atoms with Crippen molar-refractivity contribution < 1.29 is 28.9 Å². The van der Waals surface area contributed by atoms with E-state index in [9.17, 15) is 9.59 Å². The van der Waals surface area contributed by atoms with Crippen LogP contribution in [0.5, 0.6) is 11.5 Å². The monoisotopic (exact) mass is 295 g/mol. The molecule has 7 heteroatoms. The lowest BCUT2D eigenvalue weighted by Gasteiger charge is -2.26. The number of carboxylic acids is 1. The Balaban J connectivity index is 2.18. The third kappa shape index (κ3) is 3.77. The zero-order chi connectivity index (χ0) is 15.6. The number of benzene rings is 1. The molecular formula is C14H17NO6. The molecule has 0 fully saturated rings. The zero-order valence-corrected chi connectivity index (χ0v) is 12.0. The molecule has 1 aromatic carbocycles. The van der Waals surface area contributed by atoms with Crippen LogP contribution in [0.25, 0.3) is 0 Å². The van der Waals surface area contributed by atoms with Gasteiger partial charge in [0.2, 0.25) is 6.10 Å². The molecule has 0 radical (unpaired) electrons. The molecular weight excluding hydrogens is 278 g/mol. The maximum atomic E-state index is 11.8. The summed E-state index contributed by atoms with van der Waals surface area (Å²) in [5.74, 6) is -0.573. The van der Waals surface area contributed by atoms with Gasteiger partial charge in [0.15, 0.2) is 11.5 Å². The maximum Gasteiger partial charge on any atom is 0.412 e. The van der Waals surface area contributed by atoms with E-state index in [2.05, 4.69) is 5.32 Å². The summed E-state index contributed by atoms with van der Waals surface area (Å²) in [6.45, 7) is 5.14. The number of hydrogen-bond donors (Lipinski definition) is 2. The molecule has 0 saturated carbocycles. The Hall–Kier alpha value is -2.44. The summed E-state index contributed by atoms with van der Waals surface area (Å²) in [6.07, 6.45) is -1.77. The molecule has 1 atom stereocenters. The lowest BCUT2D eigenvalue weighted by molar-refractivity contribution is -0.147. The Morgan fingerprint density at radius 1 is 1.38 bits per heavy atom. The summed E-state index contributed by atoms with van der Waals surface area (Å²) in [5.41, 5.74) is -0.340. The average Bonchev–Trinajstić information content (AvgIpc) is 2.36. The van der Waals surface area contributed by atoms with Crippen molar-refractivity contribution in [2.45, 2.75) is 32.5 Å². The minimum Gasteiger partial charge on any atom is -0.485 e. The molecule has 1 amide bonds. The Morgan fingerprint density at radius 3 is 2.71 bits per heavy atom. The molecule has 0 spiro atoms. The minimum atomic E-state index is -1.13. The number of para-hydroxylation sites is 1. The van der Waals surface area contributed by atoms with Gasteiger partial charge in [0.1, 0.15) is 12.2 Å². The number of fused-ring (bicyclic) bond motifs is 1. The van der Waals surface area contributed by atoms with Crippen molar-refractivity contribution in [2.24, 2.45) is 0 Å². The van der Waals surface area contributed by atoms with Crippen LogP contribution in [0.15, 0.2) is 18.2 Å². The Bertz CT molecular complexity index is 563. The Kier molecular flexibility index (Phi) is 3.93. The Morgan fingerprint density at radius 2 is 2.10 bits per heavy atom. The third-order valence-electron chi connectivity index (χ3n) is 2.54. The topological polar surface area (TPSA) is 94.1 Å². The van der Waals surface area contributed by atoms with E-state index in [0.717, 1.165) is 0 Å². The molecule has 0 saturated heterocycles. The van der Waals surface area contributed by atoms with Crippen molar-refractivity contribution in [3.05, 3.63) is 18.2 Å². The second kappa shape index (κ2) is 5.51. The highest BCUT2D eigenvalue weighted by Crippen LogP contribution is 2.38. The van der Waals surface area contributed by atoms with Gasteiger partial charge in [-0.3, -0.25) is 5.32 Å². The predicted molar refractivity (Wildman–Crippen MR) is 73.8 cm³/mol. The number of carbonyl (C=O) groups is 2. The minimum absolute atomic E-state index is 0.0851. The van der Waals surface area contributed by atoms with Crippen molar-refractivity contribution >= 4 is 17.7 Å². The van der Waals surface area contributed by atoms with Gasteiger partial charge in [-0.15, -0.1) is 0 Å². The van der Waals surface area contributed by atoms with Crippen LogP contribution in [0, 0.1) is 0 Å². The van der Waals surface area contributed by atoms with E-state index in [1.54, 1.807) is 39.0 Å². The largest absolute Gasteiger partial charge is 0.485 e. The van der Waals surface area contributed by atoms with Crippen LogP contribution in [0.2, 0.25) is 0 Å². The lowest BCUT2D eigenvalue weighted by Crippen LogP contribution is -2.36. The van der Waals surface area contributed by atoms with E-state index < -0.39 is 23.8 Å². The van der Waals surface area contributed by atoms with Gasteiger partial charge in [0.25, 0.3) is 0 Å². The predicted octanol–water partition coefficient (Wildman–Crippen LogP) is 2.26. The number of aliphatic carboxylic acids is 1. The van der Waals surface area contributed by atoms with Crippen LogP contribution in [-0.2, 0) is 9.53 Å². The zero-order valence-electron chi connectivity index (χ0n) is 12.0. The number of anilines is 1. The first kappa shape index (κ1) is 15.0. The van der Waals surface area contributed by atoms with Gasteiger partial charge in [0, 0.05) is 0 Å². The highest BCUT2D eigenvalue weighted by atomic mass is 16.6. The molecule has 1 unspecified atom stereocenters. The van der Waals surface area contributed by atoms with Gasteiger partial charge in [0.05, 0.1) is 5.69 Å². The van der Waals surface area contributed by atoms with Crippen LogP contribution in [0.1, 0.15) is 20.8 Å². The number of nitrogens with one attached hydrogen (secondary N) is 1. The van der Waals surface area contributed by atoms with Gasteiger partial charge < -0.3 is 19.3 Å². The normalized spacial score (nSPS) is 17.0. The van der Waals surface area contributed by atoms with Crippen LogP contribution in [0.4, 0.5) is 10.5 Å². The van der Waals surface area contributed by atoms with Crippen molar-refractivity contribution in [1.82, 2.24) is 0 Å². The van der Waals surface area contributed by atoms with E-state index in [1.165, 1.54) is 0 Å². The molecule has 21 heavy (non-hydrogen) atoms. The lowest BCUT2D eigenvalue weighted by atomic mass is 10.2. The molecule has 0 aliphatic carbocycles. The maximum absolute atomic E-state index is 11.8. The average molecular weight is 295 g/mol. The number of rotatable bonds is 2. The van der Waals surface area contributed by atoms with Gasteiger partial charge >= 0.3 is 12.1 Å². The SMILES string of the molecule is CC(C)(C)OC(=O)Nc1cccc2c1OC(C(=O)O)CO2. The first-order valence-electron chi connectivity index (χ1n) is 6.41. The Labute approximate surface area is 121 Å². The van der Waals surface area contributed by atoms with Crippen LogP contribution in [0.3, 0.4) is 0 Å². The van der Waals surface area contributed by atoms with Gasteiger partial charge in [-0.05, 0) is 32.9 Å². The number of hydrogen-bond acceptors (Lipinski definition) is 5. The van der Waals surface area contributed by atoms with E-state index in [-0.39, 0.29) is 12.4 Å². The van der Waals surface area contributed by atoms with Gasteiger partial charge in [-0.1, -0.05) is 6.07 Å². The molecule has 2 N–H and O–H groups in total. The molecule has 2 rings (SSSR count). The number of amides is 1. The van der Waals surface area contributed by atoms with Crippen molar-refractivity contribution in [2.75, 3.05) is 11.9 Å². The summed E-state index contributed by atoms with van der Waals surface area (Å²) in [7, 11) is 0. The first-order valence-corrected chi connectivity index (χ1v) is 6.41. The molecule has 1 heterocycles. The second-order valence-corrected chi connectivity index (χ2v) is 5.52.